The van der Waals surface area contributed by atoms with Crippen molar-refractivity contribution < 1.29 is 13.2 Å². The van der Waals surface area contributed by atoms with Gasteiger partial charge in [-0.1, -0.05) is 0 Å². The Balaban J connectivity index is 2.38. The Morgan fingerprint density at radius 3 is 2.59 bits per heavy atom. The van der Waals surface area contributed by atoms with E-state index in [4.69, 9.17) is 4.74 Å². The lowest BCUT2D eigenvalue weighted by Crippen LogP contribution is -2.52. The number of hydrogen-bond acceptors (Lipinski definition) is 4. The van der Waals surface area contributed by atoms with Crippen molar-refractivity contribution in [2.75, 3.05) is 19.4 Å². The van der Waals surface area contributed by atoms with Gasteiger partial charge in [0, 0.05) is 24.7 Å². The molecule has 2 N–H and O–H groups in total. The van der Waals surface area contributed by atoms with Crippen LogP contribution in [0.15, 0.2) is 0 Å². The monoisotopic (exact) mass is 264 g/mol. The highest BCUT2D eigenvalue weighted by molar-refractivity contribution is 7.88. The standard InChI is InChI=1S/C11H24N2O3S/c1-9-7-10(5-6-16-9)12-8-11(2,3)13-17(4,14)15/h9-10,12-13H,5-8H2,1-4H3. The molecule has 1 saturated heterocycles. The molecule has 0 aromatic carbocycles. The maximum absolute atomic E-state index is 11.2. The van der Waals surface area contributed by atoms with Crippen LogP contribution in [-0.2, 0) is 14.8 Å². The fourth-order valence-electron chi connectivity index (χ4n) is 2.12. The smallest absolute Gasteiger partial charge is 0.209 e. The van der Waals surface area contributed by atoms with E-state index in [0.29, 0.717) is 12.6 Å². The van der Waals surface area contributed by atoms with E-state index < -0.39 is 15.6 Å². The molecule has 1 heterocycles. The van der Waals surface area contributed by atoms with E-state index in [0.717, 1.165) is 19.4 Å². The van der Waals surface area contributed by atoms with Crippen molar-refractivity contribution in [1.29, 1.82) is 0 Å². The summed E-state index contributed by atoms with van der Waals surface area (Å²) in [6, 6.07) is 0.416. The first-order chi connectivity index (χ1) is 7.68. The zero-order chi connectivity index (χ0) is 13.1. The zero-order valence-corrected chi connectivity index (χ0v) is 11.9. The Bertz CT molecular complexity index is 341. The first-order valence-corrected chi connectivity index (χ1v) is 7.91. The first-order valence-electron chi connectivity index (χ1n) is 6.02. The van der Waals surface area contributed by atoms with Crippen LogP contribution in [0.1, 0.15) is 33.6 Å². The summed E-state index contributed by atoms with van der Waals surface area (Å²) in [5, 5.41) is 3.41. The van der Waals surface area contributed by atoms with E-state index in [1.807, 2.05) is 13.8 Å². The van der Waals surface area contributed by atoms with Gasteiger partial charge in [0.05, 0.1) is 12.4 Å². The Kier molecular flexibility index (Phi) is 4.95. The third-order valence-electron chi connectivity index (χ3n) is 2.78. The molecule has 1 fully saturated rings. The van der Waals surface area contributed by atoms with Crippen LogP contribution in [0.4, 0.5) is 0 Å². The van der Waals surface area contributed by atoms with Crippen LogP contribution in [0.5, 0.6) is 0 Å². The second-order valence-corrected chi connectivity index (χ2v) is 7.29. The third kappa shape index (κ3) is 6.35. The minimum Gasteiger partial charge on any atom is -0.378 e. The summed E-state index contributed by atoms with van der Waals surface area (Å²) in [5.41, 5.74) is -0.463. The molecule has 6 heteroatoms. The molecule has 0 amide bonds. The Morgan fingerprint density at radius 1 is 1.41 bits per heavy atom. The van der Waals surface area contributed by atoms with Gasteiger partial charge in [-0.3, -0.25) is 0 Å². The topological polar surface area (TPSA) is 67.4 Å². The van der Waals surface area contributed by atoms with Crippen LogP contribution >= 0.6 is 0 Å². The molecule has 0 saturated carbocycles. The minimum atomic E-state index is -3.16. The molecule has 5 nitrogen and oxygen atoms in total. The van der Waals surface area contributed by atoms with Gasteiger partial charge in [-0.25, -0.2) is 13.1 Å². The van der Waals surface area contributed by atoms with Gasteiger partial charge in [-0.15, -0.1) is 0 Å². The second kappa shape index (κ2) is 5.65. The summed E-state index contributed by atoms with van der Waals surface area (Å²) in [6.07, 6.45) is 3.44. The van der Waals surface area contributed by atoms with Gasteiger partial charge in [-0.05, 0) is 33.6 Å². The molecule has 102 valence electrons. The third-order valence-corrected chi connectivity index (χ3v) is 3.70. The molecule has 1 rings (SSSR count). The lowest BCUT2D eigenvalue weighted by Gasteiger charge is -2.32. The molecule has 2 unspecified atom stereocenters. The van der Waals surface area contributed by atoms with Gasteiger partial charge in [0.25, 0.3) is 0 Å². The highest BCUT2D eigenvalue weighted by Crippen LogP contribution is 2.14. The van der Waals surface area contributed by atoms with Gasteiger partial charge < -0.3 is 10.1 Å². The second-order valence-electron chi connectivity index (χ2n) is 5.54. The van der Waals surface area contributed by atoms with Crippen molar-refractivity contribution in [1.82, 2.24) is 10.0 Å². The number of nitrogens with one attached hydrogen (secondary N) is 2. The molecule has 17 heavy (non-hydrogen) atoms. The molecule has 1 aliphatic rings. The molecule has 0 aromatic heterocycles. The van der Waals surface area contributed by atoms with E-state index in [1.54, 1.807) is 0 Å². The quantitative estimate of drug-likeness (QED) is 0.757. The molecule has 0 bridgehead atoms. The summed E-state index contributed by atoms with van der Waals surface area (Å²) < 4.78 is 30.5. The van der Waals surface area contributed by atoms with Crippen LogP contribution in [0.2, 0.25) is 0 Å². The van der Waals surface area contributed by atoms with E-state index >= 15 is 0 Å². The lowest BCUT2D eigenvalue weighted by atomic mass is 10.0. The van der Waals surface area contributed by atoms with Crippen LogP contribution < -0.4 is 10.0 Å². The largest absolute Gasteiger partial charge is 0.378 e. The van der Waals surface area contributed by atoms with Crippen molar-refractivity contribution in [3.8, 4) is 0 Å². The summed E-state index contributed by atoms with van der Waals surface area (Å²) in [5.74, 6) is 0. The molecule has 2 atom stereocenters. The molecular formula is C11H24N2O3S. The predicted octanol–water partition coefficient (Wildman–Crippen LogP) is 0.471. The van der Waals surface area contributed by atoms with Crippen molar-refractivity contribution in [2.45, 2.75) is 51.3 Å². The van der Waals surface area contributed by atoms with Crippen LogP contribution in [0.25, 0.3) is 0 Å². The number of ether oxygens (including phenoxy) is 1. The Hall–Kier alpha value is -0.170. The number of rotatable bonds is 5. The normalized spacial score (nSPS) is 27.1. The average Bonchev–Trinajstić information content (AvgIpc) is 2.11. The molecule has 0 aliphatic carbocycles. The van der Waals surface area contributed by atoms with Gasteiger partial charge in [-0.2, -0.15) is 0 Å². The maximum Gasteiger partial charge on any atom is 0.209 e. The van der Waals surface area contributed by atoms with Crippen molar-refractivity contribution in [3.63, 3.8) is 0 Å². The molecule has 0 aromatic rings. The summed E-state index contributed by atoms with van der Waals surface area (Å²) >= 11 is 0. The van der Waals surface area contributed by atoms with Crippen molar-refractivity contribution in [3.05, 3.63) is 0 Å². The number of sulfonamides is 1. The predicted molar refractivity (Wildman–Crippen MR) is 68.5 cm³/mol. The van der Waals surface area contributed by atoms with Crippen LogP contribution in [0, 0.1) is 0 Å². The van der Waals surface area contributed by atoms with Gasteiger partial charge in [0.2, 0.25) is 10.0 Å². The Morgan fingerprint density at radius 2 is 2.06 bits per heavy atom. The van der Waals surface area contributed by atoms with Gasteiger partial charge in [0.1, 0.15) is 0 Å². The number of hydrogen-bond donors (Lipinski definition) is 2. The van der Waals surface area contributed by atoms with E-state index in [1.165, 1.54) is 6.26 Å². The SMILES string of the molecule is CC1CC(NCC(C)(C)NS(C)(=O)=O)CCO1. The fraction of sp³-hybridized carbons (Fsp3) is 1.00. The summed E-state index contributed by atoms with van der Waals surface area (Å²) in [7, 11) is -3.16. The van der Waals surface area contributed by atoms with Crippen LogP contribution in [-0.4, -0.2) is 45.5 Å². The van der Waals surface area contributed by atoms with E-state index in [2.05, 4.69) is 17.0 Å². The van der Waals surface area contributed by atoms with E-state index in [9.17, 15) is 8.42 Å². The summed E-state index contributed by atoms with van der Waals surface area (Å²) in [4.78, 5) is 0. The van der Waals surface area contributed by atoms with Crippen LogP contribution in [0.3, 0.4) is 0 Å². The molecule has 0 radical (unpaired) electrons. The minimum absolute atomic E-state index is 0.284. The summed E-state index contributed by atoms with van der Waals surface area (Å²) in [6.45, 7) is 7.22. The van der Waals surface area contributed by atoms with Crippen molar-refractivity contribution >= 4 is 10.0 Å². The van der Waals surface area contributed by atoms with Crippen molar-refractivity contribution in [2.24, 2.45) is 0 Å². The molecule has 1 aliphatic heterocycles. The highest BCUT2D eigenvalue weighted by Gasteiger charge is 2.25. The van der Waals surface area contributed by atoms with E-state index in [-0.39, 0.29) is 6.10 Å². The van der Waals surface area contributed by atoms with Gasteiger partial charge >= 0.3 is 0 Å². The Labute approximate surface area is 104 Å². The fourth-order valence-corrected chi connectivity index (χ4v) is 3.20. The van der Waals surface area contributed by atoms with Gasteiger partial charge in [0.15, 0.2) is 0 Å². The first kappa shape index (κ1) is 14.9. The maximum atomic E-state index is 11.2. The highest BCUT2D eigenvalue weighted by atomic mass is 32.2. The lowest BCUT2D eigenvalue weighted by molar-refractivity contribution is 0.0125. The molecule has 0 spiro atoms. The molecular weight excluding hydrogens is 240 g/mol. The zero-order valence-electron chi connectivity index (χ0n) is 11.1. The average molecular weight is 264 g/mol.